The number of nitrogens with one attached hydrogen (secondary N) is 1. The molecular formula is C12H18F3N3O2. The third-order valence-electron chi connectivity index (χ3n) is 3.72. The van der Waals surface area contributed by atoms with Crippen molar-refractivity contribution in [1.29, 1.82) is 0 Å². The van der Waals surface area contributed by atoms with Crippen LogP contribution in [0.2, 0.25) is 0 Å². The average molecular weight is 293 g/mol. The minimum atomic E-state index is -4.42. The highest BCUT2D eigenvalue weighted by molar-refractivity contribution is 5.89. The van der Waals surface area contributed by atoms with E-state index in [1.807, 2.05) is 6.92 Å². The molecule has 0 radical (unpaired) electrons. The van der Waals surface area contributed by atoms with Crippen LogP contribution in [-0.2, 0) is 9.59 Å². The molecule has 2 saturated heterocycles. The Balaban J connectivity index is 1.97. The number of piperazine rings is 1. The molecule has 0 bridgehead atoms. The van der Waals surface area contributed by atoms with Crippen LogP contribution < -0.4 is 5.32 Å². The summed E-state index contributed by atoms with van der Waals surface area (Å²) in [5.41, 5.74) is 0. The number of hydrogen-bond acceptors (Lipinski definition) is 3. The summed E-state index contributed by atoms with van der Waals surface area (Å²) in [6.07, 6.45) is -4.54. The molecule has 114 valence electrons. The third kappa shape index (κ3) is 3.41. The highest BCUT2D eigenvalue weighted by atomic mass is 19.4. The Morgan fingerprint density at radius 1 is 1.45 bits per heavy atom. The van der Waals surface area contributed by atoms with Crippen molar-refractivity contribution in [3.05, 3.63) is 0 Å². The average Bonchev–Trinajstić information content (AvgIpc) is 2.68. The largest absolute Gasteiger partial charge is 0.406 e. The van der Waals surface area contributed by atoms with Gasteiger partial charge in [0.05, 0.1) is 5.92 Å². The smallest absolute Gasteiger partial charge is 0.337 e. The van der Waals surface area contributed by atoms with Crippen molar-refractivity contribution >= 4 is 11.8 Å². The number of hydrogen-bond donors (Lipinski definition) is 1. The van der Waals surface area contributed by atoms with E-state index in [4.69, 9.17) is 0 Å². The lowest BCUT2D eigenvalue weighted by Crippen LogP contribution is -2.54. The molecule has 0 aromatic rings. The Morgan fingerprint density at radius 3 is 2.75 bits per heavy atom. The molecule has 2 heterocycles. The molecule has 1 N–H and O–H groups in total. The second kappa shape index (κ2) is 5.59. The molecule has 0 aromatic carbocycles. The maximum atomic E-state index is 12.3. The zero-order chi connectivity index (χ0) is 14.9. The summed E-state index contributed by atoms with van der Waals surface area (Å²) in [6.45, 7) is 2.35. The Bertz CT molecular complexity index is 400. The number of likely N-dealkylation sites (tertiary alicyclic amines) is 1. The van der Waals surface area contributed by atoms with Crippen LogP contribution in [0.25, 0.3) is 0 Å². The van der Waals surface area contributed by atoms with Gasteiger partial charge in [0, 0.05) is 38.6 Å². The fraction of sp³-hybridized carbons (Fsp3) is 0.833. The molecule has 2 amide bonds. The van der Waals surface area contributed by atoms with Crippen molar-refractivity contribution in [3.63, 3.8) is 0 Å². The fourth-order valence-corrected chi connectivity index (χ4v) is 2.71. The van der Waals surface area contributed by atoms with Crippen LogP contribution in [0.4, 0.5) is 13.2 Å². The van der Waals surface area contributed by atoms with E-state index < -0.39 is 24.5 Å². The van der Waals surface area contributed by atoms with Crippen LogP contribution in [0, 0.1) is 5.92 Å². The minimum absolute atomic E-state index is 0.00279. The Hall–Kier alpha value is -1.31. The van der Waals surface area contributed by atoms with Gasteiger partial charge in [-0.15, -0.1) is 0 Å². The fourth-order valence-electron chi connectivity index (χ4n) is 2.71. The van der Waals surface area contributed by atoms with E-state index in [1.54, 1.807) is 4.90 Å². The SMILES string of the molecule is C[C@H]1CNCCN1C(=O)C1CC(=O)N(CC(F)(F)F)C1. The van der Waals surface area contributed by atoms with Gasteiger partial charge in [-0.1, -0.05) is 0 Å². The lowest BCUT2D eigenvalue weighted by atomic mass is 10.1. The standard InChI is InChI=1S/C12H18F3N3O2/c1-8-5-16-2-3-18(8)11(20)9-4-10(19)17(6-9)7-12(13,14)15/h8-9,16H,2-7H2,1H3/t8-,9?/m0/s1. The highest BCUT2D eigenvalue weighted by Gasteiger charge is 2.42. The summed E-state index contributed by atoms with van der Waals surface area (Å²) in [6, 6.07) is 0.00279. The van der Waals surface area contributed by atoms with Gasteiger partial charge < -0.3 is 15.1 Å². The molecule has 2 fully saturated rings. The quantitative estimate of drug-likeness (QED) is 0.792. The molecule has 0 spiro atoms. The van der Waals surface area contributed by atoms with Crippen molar-refractivity contribution < 1.29 is 22.8 Å². The predicted octanol–water partition coefficient (Wildman–Crippen LogP) is 0.217. The number of alkyl halides is 3. The lowest BCUT2D eigenvalue weighted by molar-refractivity contribution is -0.157. The van der Waals surface area contributed by atoms with E-state index in [2.05, 4.69) is 5.32 Å². The van der Waals surface area contributed by atoms with E-state index in [0.29, 0.717) is 19.6 Å². The number of rotatable bonds is 2. The molecular weight excluding hydrogens is 275 g/mol. The minimum Gasteiger partial charge on any atom is -0.337 e. The molecule has 5 nitrogen and oxygen atoms in total. The second-order valence-electron chi connectivity index (χ2n) is 5.38. The van der Waals surface area contributed by atoms with Gasteiger partial charge in [0.15, 0.2) is 0 Å². The monoisotopic (exact) mass is 293 g/mol. The maximum absolute atomic E-state index is 12.3. The molecule has 0 aliphatic carbocycles. The summed E-state index contributed by atoms with van der Waals surface area (Å²) in [5.74, 6) is -1.45. The van der Waals surface area contributed by atoms with Crippen LogP contribution in [0.5, 0.6) is 0 Å². The van der Waals surface area contributed by atoms with Crippen molar-refractivity contribution in [2.45, 2.75) is 25.6 Å². The Morgan fingerprint density at radius 2 is 2.15 bits per heavy atom. The van der Waals surface area contributed by atoms with Gasteiger partial charge >= 0.3 is 6.18 Å². The zero-order valence-corrected chi connectivity index (χ0v) is 11.2. The van der Waals surface area contributed by atoms with Crippen LogP contribution in [-0.4, -0.2) is 66.6 Å². The normalized spacial score (nSPS) is 28.1. The van der Waals surface area contributed by atoms with Crippen LogP contribution in [0.15, 0.2) is 0 Å². The first-order chi connectivity index (χ1) is 9.28. The summed E-state index contributed by atoms with van der Waals surface area (Å²) in [4.78, 5) is 26.3. The van der Waals surface area contributed by atoms with Gasteiger partial charge in [0.2, 0.25) is 11.8 Å². The molecule has 2 rings (SSSR count). The number of amides is 2. The molecule has 2 aliphatic heterocycles. The number of halogens is 3. The van der Waals surface area contributed by atoms with Gasteiger partial charge in [-0.05, 0) is 6.92 Å². The van der Waals surface area contributed by atoms with E-state index in [-0.39, 0.29) is 24.9 Å². The Kier molecular flexibility index (Phi) is 4.22. The van der Waals surface area contributed by atoms with Crippen molar-refractivity contribution in [3.8, 4) is 0 Å². The molecule has 2 atom stereocenters. The molecule has 0 saturated carbocycles. The van der Waals surface area contributed by atoms with Crippen LogP contribution in [0.1, 0.15) is 13.3 Å². The van der Waals surface area contributed by atoms with Crippen molar-refractivity contribution in [2.75, 3.05) is 32.7 Å². The molecule has 0 aromatic heterocycles. The van der Waals surface area contributed by atoms with E-state index in [9.17, 15) is 22.8 Å². The van der Waals surface area contributed by atoms with E-state index in [1.165, 1.54) is 0 Å². The van der Waals surface area contributed by atoms with E-state index >= 15 is 0 Å². The first-order valence-electron chi connectivity index (χ1n) is 6.63. The maximum Gasteiger partial charge on any atom is 0.406 e. The van der Waals surface area contributed by atoms with Gasteiger partial charge in [0.25, 0.3) is 0 Å². The summed E-state index contributed by atoms with van der Waals surface area (Å²) < 4.78 is 37.0. The van der Waals surface area contributed by atoms with Gasteiger partial charge in [-0.25, -0.2) is 0 Å². The molecule has 8 heteroatoms. The highest BCUT2D eigenvalue weighted by Crippen LogP contribution is 2.25. The van der Waals surface area contributed by atoms with Crippen LogP contribution >= 0.6 is 0 Å². The van der Waals surface area contributed by atoms with Gasteiger partial charge in [-0.3, -0.25) is 9.59 Å². The Labute approximate surface area is 115 Å². The van der Waals surface area contributed by atoms with Crippen LogP contribution in [0.3, 0.4) is 0 Å². The molecule has 20 heavy (non-hydrogen) atoms. The molecule has 1 unspecified atom stereocenters. The summed E-state index contributed by atoms with van der Waals surface area (Å²) in [7, 11) is 0. The first kappa shape index (κ1) is 15.1. The number of carbonyl (C=O) groups is 2. The van der Waals surface area contributed by atoms with Crippen molar-refractivity contribution in [1.82, 2.24) is 15.1 Å². The first-order valence-corrected chi connectivity index (χ1v) is 6.63. The second-order valence-corrected chi connectivity index (χ2v) is 5.38. The predicted molar refractivity (Wildman–Crippen MR) is 64.8 cm³/mol. The topological polar surface area (TPSA) is 52.7 Å². The summed E-state index contributed by atoms with van der Waals surface area (Å²) >= 11 is 0. The third-order valence-corrected chi connectivity index (χ3v) is 3.72. The van der Waals surface area contributed by atoms with Crippen molar-refractivity contribution in [2.24, 2.45) is 5.92 Å². The van der Waals surface area contributed by atoms with Gasteiger partial charge in [-0.2, -0.15) is 13.2 Å². The zero-order valence-electron chi connectivity index (χ0n) is 11.2. The van der Waals surface area contributed by atoms with E-state index in [0.717, 1.165) is 4.90 Å². The molecule has 2 aliphatic rings. The summed E-state index contributed by atoms with van der Waals surface area (Å²) in [5, 5.41) is 3.14. The number of nitrogens with zero attached hydrogens (tertiary/aromatic N) is 2. The lowest BCUT2D eigenvalue weighted by Gasteiger charge is -2.35. The number of carbonyl (C=O) groups excluding carboxylic acids is 2. The van der Waals surface area contributed by atoms with Gasteiger partial charge in [0.1, 0.15) is 6.54 Å².